The number of nitriles is 1. The molecule has 2 aromatic carbocycles. The van der Waals surface area contributed by atoms with Crippen LogP contribution in [0, 0.1) is 24.1 Å². The second-order valence-electron chi connectivity index (χ2n) is 4.53. The average Bonchev–Trinajstić information content (AvgIpc) is 2.47. The average molecular weight is 367 g/mol. The molecule has 0 saturated carbocycles. The molecule has 0 aliphatic rings. The van der Waals surface area contributed by atoms with Gasteiger partial charge in [-0.2, -0.15) is 5.26 Å². The van der Waals surface area contributed by atoms with Crippen LogP contribution in [-0.4, -0.2) is 5.78 Å². The molecule has 2 rings (SSSR count). The van der Waals surface area contributed by atoms with Crippen molar-refractivity contribution in [2.24, 2.45) is 0 Å². The largest absolute Gasteiger partial charge is 0.292 e. The highest BCUT2D eigenvalue weighted by molar-refractivity contribution is 9.10. The Hall–Kier alpha value is -1.70. The van der Waals surface area contributed by atoms with Crippen molar-refractivity contribution in [3.63, 3.8) is 0 Å². The van der Waals surface area contributed by atoms with Crippen molar-refractivity contribution in [2.75, 3.05) is 0 Å². The molecular formula is C16H10BrClFNO. The van der Waals surface area contributed by atoms with Gasteiger partial charge in [0.25, 0.3) is 0 Å². The number of halogens is 3. The van der Waals surface area contributed by atoms with E-state index in [9.17, 15) is 14.4 Å². The number of aryl methyl sites for hydroxylation is 1. The van der Waals surface area contributed by atoms with Crippen molar-refractivity contribution < 1.29 is 9.18 Å². The Bertz CT molecular complexity index is 754. The number of Topliss-reactive ketones (excluding diaryl/α,β-unsaturated/α-hetero) is 1. The monoisotopic (exact) mass is 365 g/mol. The summed E-state index contributed by atoms with van der Waals surface area (Å²) in [5.41, 5.74) is 1.30. The molecule has 0 N–H and O–H groups in total. The standard InChI is InChI=1S/C16H10BrClFNO/c1-9-5-6-10(7-13(9)17)16(21)12(8-20)11-3-2-4-14(18)15(11)19/h2-7,12H,1H3. The van der Waals surface area contributed by atoms with Crippen LogP contribution in [0.4, 0.5) is 4.39 Å². The van der Waals surface area contributed by atoms with Crippen LogP contribution < -0.4 is 0 Å². The van der Waals surface area contributed by atoms with Gasteiger partial charge in [-0.05, 0) is 24.6 Å². The van der Waals surface area contributed by atoms with E-state index in [0.29, 0.717) is 5.56 Å². The number of hydrogen-bond donors (Lipinski definition) is 0. The lowest BCUT2D eigenvalue weighted by Gasteiger charge is -2.11. The molecule has 0 heterocycles. The first kappa shape index (κ1) is 15.7. The molecule has 1 unspecified atom stereocenters. The van der Waals surface area contributed by atoms with Gasteiger partial charge < -0.3 is 0 Å². The molecule has 5 heteroatoms. The minimum atomic E-state index is -1.22. The highest BCUT2D eigenvalue weighted by Gasteiger charge is 2.25. The van der Waals surface area contributed by atoms with Gasteiger partial charge in [0.15, 0.2) is 5.78 Å². The lowest BCUT2D eigenvalue weighted by atomic mass is 9.91. The summed E-state index contributed by atoms with van der Waals surface area (Å²) in [6.45, 7) is 1.89. The molecule has 21 heavy (non-hydrogen) atoms. The lowest BCUT2D eigenvalue weighted by Crippen LogP contribution is -2.13. The van der Waals surface area contributed by atoms with E-state index < -0.39 is 17.5 Å². The summed E-state index contributed by atoms with van der Waals surface area (Å²) < 4.78 is 14.8. The van der Waals surface area contributed by atoms with Gasteiger partial charge in [-0.25, -0.2) is 4.39 Å². The second kappa shape index (κ2) is 6.38. The maximum absolute atomic E-state index is 14.0. The summed E-state index contributed by atoms with van der Waals surface area (Å²) in [6.07, 6.45) is 0. The van der Waals surface area contributed by atoms with Crippen LogP contribution in [0.25, 0.3) is 0 Å². The van der Waals surface area contributed by atoms with E-state index in [1.807, 2.05) is 13.0 Å². The summed E-state index contributed by atoms with van der Waals surface area (Å²) in [6, 6.07) is 11.2. The zero-order chi connectivity index (χ0) is 15.6. The lowest BCUT2D eigenvalue weighted by molar-refractivity contribution is 0.0977. The number of ketones is 1. The molecule has 0 bridgehead atoms. The van der Waals surface area contributed by atoms with Crippen molar-refractivity contribution in [1.29, 1.82) is 5.26 Å². The summed E-state index contributed by atoms with van der Waals surface area (Å²) >= 11 is 9.05. The van der Waals surface area contributed by atoms with Crippen LogP contribution in [0.2, 0.25) is 5.02 Å². The summed E-state index contributed by atoms with van der Waals surface area (Å²) in [5, 5.41) is 9.15. The number of hydrogen-bond acceptors (Lipinski definition) is 2. The molecule has 2 aromatic rings. The Morgan fingerprint density at radius 2 is 2.10 bits per heavy atom. The predicted molar refractivity (Wildman–Crippen MR) is 83.0 cm³/mol. The van der Waals surface area contributed by atoms with Crippen molar-refractivity contribution in [3.05, 3.63) is 68.4 Å². The summed E-state index contributed by atoms with van der Waals surface area (Å²) in [4.78, 5) is 12.5. The van der Waals surface area contributed by atoms with Gasteiger partial charge in [-0.15, -0.1) is 0 Å². The molecule has 0 amide bonds. The van der Waals surface area contributed by atoms with Gasteiger partial charge in [0.1, 0.15) is 11.7 Å². The Balaban J connectivity index is 2.46. The zero-order valence-corrected chi connectivity index (χ0v) is 13.4. The van der Waals surface area contributed by atoms with Gasteiger partial charge >= 0.3 is 0 Å². The fourth-order valence-electron chi connectivity index (χ4n) is 1.93. The molecule has 0 fully saturated rings. The number of carbonyl (C=O) groups excluding carboxylic acids is 1. The Morgan fingerprint density at radius 1 is 1.38 bits per heavy atom. The van der Waals surface area contributed by atoms with E-state index in [1.165, 1.54) is 18.2 Å². The van der Waals surface area contributed by atoms with Crippen molar-refractivity contribution in [3.8, 4) is 6.07 Å². The Morgan fingerprint density at radius 3 is 2.71 bits per heavy atom. The third kappa shape index (κ3) is 3.15. The second-order valence-corrected chi connectivity index (χ2v) is 5.79. The molecule has 0 aromatic heterocycles. The van der Waals surface area contributed by atoms with Gasteiger partial charge in [-0.1, -0.05) is 51.8 Å². The van der Waals surface area contributed by atoms with E-state index in [4.69, 9.17) is 11.6 Å². The van der Waals surface area contributed by atoms with Gasteiger partial charge in [0.2, 0.25) is 0 Å². The minimum absolute atomic E-state index is 0.00769. The van der Waals surface area contributed by atoms with Crippen molar-refractivity contribution in [2.45, 2.75) is 12.8 Å². The normalized spacial score (nSPS) is 11.8. The Labute approximate surface area is 135 Å². The third-order valence-electron chi connectivity index (χ3n) is 3.14. The third-order valence-corrected chi connectivity index (χ3v) is 4.29. The quantitative estimate of drug-likeness (QED) is 0.714. The SMILES string of the molecule is Cc1ccc(C(=O)C(C#N)c2cccc(Cl)c2F)cc1Br. The van der Waals surface area contributed by atoms with Crippen molar-refractivity contribution >= 4 is 33.3 Å². The van der Waals surface area contributed by atoms with Crippen LogP contribution in [-0.2, 0) is 0 Å². The minimum Gasteiger partial charge on any atom is -0.292 e. The summed E-state index contributed by atoms with van der Waals surface area (Å²) in [7, 11) is 0. The number of benzene rings is 2. The maximum atomic E-state index is 14.0. The van der Waals surface area contributed by atoms with Crippen LogP contribution in [0.3, 0.4) is 0 Å². The Kier molecular flexibility index (Phi) is 4.76. The molecule has 0 saturated heterocycles. The first-order chi connectivity index (χ1) is 9.95. The number of nitrogens with zero attached hydrogens (tertiary/aromatic N) is 1. The van der Waals surface area contributed by atoms with E-state index in [0.717, 1.165) is 10.0 Å². The zero-order valence-electron chi connectivity index (χ0n) is 11.0. The maximum Gasteiger partial charge on any atom is 0.184 e. The van der Waals surface area contributed by atoms with Gasteiger partial charge in [0, 0.05) is 15.6 Å². The first-order valence-electron chi connectivity index (χ1n) is 6.09. The smallest absolute Gasteiger partial charge is 0.184 e. The molecule has 106 valence electrons. The van der Waals surface area contributed by atoms with Crippen LogP contribution in [0.15, 0.2) is 40.9 Å². The van der Waals surface area contributed by atoms with E-state index in [1.54, 1.807) is 18.2 Å². The highest BCUT2D eigenvalue weighted by Crippen LogP contribution is 2.28. The van der Waals surface area contributed by atoms with E-state index >= 15 is 0 Å². The molecule has 2 nitrogen and oxygen atoms in total. The first-order valence-corrected chi connectivity index (χ1v) is 7.26. The van der Waals surface area contributed by atoms with E-state index in [-0.39, 0.29) is 10.6 Å². The fraction of sp³-hybridized carbons (Fsp3) is 0.125. The molecule has 0 aliphatic carbocycles. The molecule has 0 spiro atoms. The molecule has 1 atom stereocenters. The predicted octanol–water partition coefficient (Wildman–Crippen LogP) is 5.04. The highest BCUT2D eigenvalue weighted by atomic mass is 79.9. The summed E-state index contributed by atoms with van der Waals surface area (Å²) in [5.74, 6) is -2.41. The molecule has 0 radical (unpaired) electrons. The van der Waals surface area contributed by atoms with Gasteiger partial charge in [-0.3, -0.25) is 4.79 Å². The number of rotatable bonds is 3. The van der Waals surface area contributed by atoms with Crippen LogP contribution in [0.5, 0.6) is 0 Å². The number of carbonyl (C=O) groups is 1. The topological polar surface area (TPSA) is 40.9 Å². The van der Waals surface area contributed by atoms with Crippen LogP contribution >= 0.6 is 27.5 Å². The van der Waals surface area contributed by atoms with Gasteiger partial charge in [0.05, 0.1) is 11.1 Å². The van der Waals surface area contributed by atoms with Crippen LogP contribution in [0.1, 0.15) is 27.4 Å². The fourth-order valence-corrected chi connectivity index (χ4v) is 2.49. The molecule has 0 aliphatic heterocycles. The van der Waals surface area contributed by atoms with Crippen molar-refractivity contribution in [1.82, 2.24) is 0 Å². The van der Waals surface area contributed by atoms with E-state index in [2.05, 4.69) is 15.9 Å². The molecular weight excluding hydrogens is 357 g/mol.